The topological polar surface area (TPSA) is 59.6 Å². The molecule has 5 heteroatoms. The zero-order valence-corrected chi connectivity index (χ0v) is 10.9. The van der Waals surface area contributed by atoms with E-state index < -0.39 is 0 Å². The summed E-state index contributed by atoms with van der Waals surface area (Å²) in [5, 5.41) is 5.84. The van der Waals surface area contributed by atoms with E-state index in [9.17, 15) is 4.79 Å². The van der Waals surface area contributed by atoms with Crippen LogP contribution in [-0.2, 0) is 9.53 Å². The molecule has 0 spiro atoms. The smallest absolute Gasteiger partial charge is 0.239 e. The van der Waals surface area contributed by atoms with Crippen LogP contribution in [0.1, 0.15) is 6.42 Å². The number of rotatable bonds is 8. The summed E-state index contributed by atoms with van der Waals surface area (Å²) in [5.74, 6) is 0.682. The van der Waals surface area contributed by atoms with Gasteiger partial charge in [0.15, 0.2) is 0 Å². The molecule has 100 valence electrons. The van der Waals surface area contributed by atoms with Crippen LogP contribution < -0.4 is 15.4 Å². The number of benzene rings is 1. The first-order valence-corrected chi connectivity index (χ1v) is 5.90. The highest BCUT2D eigenvalue weighted by Gasteiger charge is 2.03. The van der Waals surface area contributed by atoms with Gasteiger partial charge in [0, 0.05) is 20.3 Å². The van der Waals surface area contributed by atoms with Gasteiger partial charge in [0.25, 0.3) is 0 Å². The summed E-state index contributed by atoms with van der Waals surface area (Å²) < 4.78 is 10.1. The molecular formula is C13H20N2O3. The minimum atomic E-state index is -0.0444. The fraction of sp³-hybridized carbons (Fsp3) is 0.462. The number of hydrogen-bond donors (Lipinski definition) is 2. The highest BCUT2D eigenvalue weighted by Crippen LogP contribution is 2.22. The van der Waals surface area contributed by atoms with E-state index in [1.165, 1.54) is 0 Å². The Kier molecular flexibility index (Phi) is 6.64. The van der Waals surface area contributed by atoms with E-state index in [1.807, 2.05) is 24.3 Å². The number of ether oxygens (including phenoxy) is 2. The maximum atomic E-state index is 11.5. The summed E-state index contributed by atoms with van der Waals surface area (Å²) in [6, 6.07) is 7.49. The first-order valence-electron chi connectivity index (χ1n) is 5.90. The minimum Gasteiger partial charge on any atom is -0.495 e. The van der Waals surface area contributed by atoms with Gasteiger partial charge in [0.2, 0.25) is 5.91 Å². The van der Waals surface area contributed by atoms with Crippen LogP contribution in [0.2, 0.25) is 0 Å². The maximum absolute atomic E-state index is 11.5. The molecule has 0 aliphatic carbocycles. The van der Waals surface area contributed by atoms with Crippen molar-refractivity contribution >= 4 is 11.6 Å². The van der Waals surface area contributed by atoms with Gasteiger partial charge in [-0.2, -0.15) is 0 Å². The van der Waals surface area contributed by atoms with Crippen molar-refractivity contribution in [2.75, 3.05) is 39.2 Å². The zero-order chi connectivity index (χ0) is 13.2. The average Bonchev–Trinajstić information content (AvgIpc) is 2.41. The molecule has 0 heterocycles. The first-order chi connectivity index (χ1) is 8.77. The van der Waals surface area contributed by atoms with Crippen molar-refractivity contribution in [1.82, 2.24) is 5.32 Å². The normalized spacial score (nSPS) is 9.89. The van der Waals surface area contributed by atoms with Gasteiger partial charge >= 0.3 is 0 Å². The number of carbonyl (C=O) groups is 1. The molecule has 5 nitrogen and oxygen atoms in total. The first kappa shape index (κ1) is 14.3. The number of nitrogens with one attached hydrogen (secondary N) is 2. The Hall–Kier alpha value is -1.75. The van der Waals surface area contributed by atoms with Gasteiger partial charge in [0.05, 0.1) is 19.3 Å². The van der Waals surface area contributed by atoms with Gasteiger partial charge < -0.3 is 20.1 Å². The van der Waals surface area contributed by atoms with Gasteiger partial charge in [-0.1, -0.05) is 12.1 Å². The van der Waals surface area contributed by atoms with Crippen molar-refractivity contribution < 1.29 is 14.3 Å². The molecule has 2 N–H and O–H groups in total. The van der Waals surface area contributed by atoms with E-state index in [4.69, 9.17) is 9.47 Å². The molecule has 1 amide bonds. The van der Waals surface area contributed by atoms with Crippen LogP contribution >= 0.6 is 0 Å². The van der Waals surface area contributed by atoms with E-state index >= 15 is 0 Å². The predicted molar refractivity (Wildman–Crippen MR) is 71.0 cm³/mol. The van der Waals surface area contributed by atoms with Crippen LogP contribution in [0.5, 0.6) is 5.75 Å². The Labute approximate surface area is 107 Å². The lowest BCUT2D eigenvalue weighted by Crippen LogP contribution is -2.31. The van der Waals surface area contributed by atoms with E-state index in [2.05, 4.69) is 10.6 Å². The summed E-state index contributed by atoms with van der Waals surface area (Å²) in [5.41, 5.74) is 0.812. The average molecular weight is 252 g/mol. The standard InChI is InChI=1S/C13H20N2O3/c1-17-9-5-8-14-13(16)10-15-11-6-3-4-7-12(11)18-2/h3-4,6-7,15H,5,8-10H2,1-2H3,(H,14,16). The molecule has 1 aromatic carbocycles. The van der Waals surface area contributed by atoms with Crippen molar-refractivity contribution in [3.8, 4) is 5.75 Å². The number of methoxy groups -OCH3 is 2. The zero-order valence-electron chi connectivity index (χ0n) is 10.9. The molecule has 18 heavy (non-hydrogen) atoms. The second-order valence-corrected chi connectivity index (χ2v) is 3.75. The highest BCUT2D eigenvalue weighted by molar-refractivity contribution is 5.81. The predicted octanol–water partition coefficient (Wildman–Crippen LogP) is 1.26. The molecule has 0 aliphatic rings. The van der Waals surface area contributed by atoms with E-state index in [0.717, 1.165) is 17.9 Å². The van der Waals surface area contributed by atoms with Gasteiger partial charge in [-0.15, -0.1) is 0 Å². The van der Waals surface area contributed by atoms with Crippen LogP contribution in [0.15, 0.2) is 24.3 Å². The number of carbonyl (C=O) groups excluding carboxylic acids is 1. The Morgan fingerprint density at radius 1 is 1.28 bits per heavy atom. The lowest BCUT2D eigenvalue weighted by atomic mass is 10.3. The third-order valence-electron chi connectivity index (χ3n) is 2.39. The van der Waals surface area contributed by atoms with Crippen molar-refractivity contribution in [3.05, 3.63) is 24.3 Å². The molecule has 0 radical (unpaired) electrons. The van der Waals surface area contributed by atoms with Gasteiger partial charge in [0.1, 0.15) is 5.75 Å². The summed E-state index contributed by atoms with van der Waals surface area (Å²) in [4.78, 5) is 11.5. The van der Waals surface area contributed by atoms with Crippen LogP contribution in [-0.4, -0.2) is 39.8 Å². The number of anilines is 1. The molecule has 0 saturated heterocycles. The van der Waals surface area contributed by atoms with Crippen LogP contribution in [0.3, 0.4) is 0 Å². The lowest BCUT2D eigenvalue weighted by Gasteiger charge is -2.10. The maximum Gasteiger partial charge on any atom is 0.239 e. The van der Waals surface area contributed by atoms with Crippen molar-refractivity contribution in [2.24, 2.45) is 0 Å². The fourth-order valence-electron chi connectivity index (χ4n) is 1.47. The Balaban J connectivity index is 2.29. The Morgan fingerprint density at radius 2 is 2.06 bits per heavy atom. The molecule has 0 atom stereocenters. The van der Waals surface area contributed by atoms with Crippen molar-refractivity contribution in [1.29, 1.82) is 0 Å². The van der Waals surface area contributed by atoms with Crippen LogP contribution in [0, 0.1) is 0 Å². The van der Waals surface area contributed by atoms with Crippen LogP contribution in [0.4, 0.5) is 5.69 Å². The molecule has 0 saturated carbocycles. The lowest BCUT2D eigenvalue weighted by molar-refractivity contribution is -0.119. The summed E-state index contributed by atoms with van der Waals surface area (Å²) >= 11 is 0. The third kappa shape index (κ3) is 5.05. The van der Waals surface area contributed by atoms with E-state index in [0.29, 0.717) is 13.2 Å². The summed E-state index contributed by atoms with van der Waals surface area (Å²) in [6.07, 6.45) is 0.816. The number of para-hydroxylation sites is 2. The number of hydrogen-bond acceptors (Lipinski definition) is 4. The van der Waals surface area contributed by atoms with Gasteiger partial charge in [-0.3, -0.25) is 4.79 Å². The second-order valence-electron chi connectivity index (χ2n) is 3.75. The molecule has 1 aromatic rings. The fourth-order valence-corrected chi connectivity index (χ4v) is 1.47. The molecule has 0 aromatic heterocycles. The monoisotopic (exact) mass is 252 g/mol. The Bertz CT molecular complexity index is 369. The van der Waals surface area contributed by atoms with Crippen LogP contribution in [0.25, 0.3) is 0 Å². The summed E-state index contributed by atoms with van der Waals surface area (Å²) in [7, 11) is 3.25. The molecule has 1 rings (SSSR count). The van der Waals surface area contributed by atoms with E-state index in [-0.39, 0.29) is 12.5 Å². The number of amides is 1. The summed E-state index contributed by atoms with van der Waals surface area (Å²) in [6.45, 7) is 1.51. The second kappa shape index (κ2) is 8.36. The SMILES string of the molecule is COCCCNC(=O)CNc1ccccc1OC. The largest absolute Gasteiger partial charge is 0.495 e. The quantitative estimate of drug-likeness (QED) is 0.684. The van der Waals surface area contributed by atoms with E-state index in [1.54, 1.807) is 14.2 Å². The molecule has 0 fully saturated rings. The Morgan fingerprint density at radius 3 is 2.78 bits per heavy atom. The van der Waals surface area contributed by atoms with Crippen molar-refractivity contribution in [2.45, 2.75) is 6.42 Å². The molecule has 0 aliphatic heterocycles. The van der Waals surface area contributed by atoms with Gasteiger partial charge in [-0.05, 0) is 18.6 Å². The minimum absolute atomic E-state index is 0.0444. The van der Waals surface area contributed by atoms with Crippen molar-refractivity contribution in [3.63, 3.8) is 0 Å². The highest BCUT2D eigenvalue weighted by atomic mass is 16.5. The molecule has 0 unspecified atom stereocenters. The molecule has 0 bridgehead atoms. The molecular weight excluding hydrogens is 232 g/mol. The van der Waals surface area contributed by atoms with Gasteiger partial charge in [-0.25, -0.2) is 0 Å². The third-order valence-corrected chi connectivity index (χ3v) is 2.39.